The fourth-order valence-electron chi connectivity index (χ4n) is 1.29. The molecule has 4 heteroatoms. The Kier molecular flexibility index (Phi) is 4.92. The lowest BCUT2D eigenvalue weighted by molar-refractivity contribution is 0.337. The normalized spacial score (nSPS) is 11.9. The van der Waals surface area contributed by atoms with Crippen molar-refractivity contribution < 1.29 is 4.74 Å². The summed E-state index contributed by atoms with van der Waals surface area (Å²) in [6, 6.07) is 0. The number of methoxy groups -OCH3 is 1. The number of hydrogen-bond donors (Lipinski definition) is 0. The van der Waals surface area contributed by atoms with Crippen LogP contribution in [0.4, 0.5) is 0 Å². The first-order chi connectivity index (χ1) is 7.63. The summed E-state index contributed by atoms with van der Waals surface area (Å²) < 4.78 is 5.07. The highest BCUT2D eigenvalue weighted by Crippen LogP contribution is 2.15. The van der Waals surface area contributed by atoms with Crippen LogP contribution < -0.4 is 0 Å². The maximum atomic E-state index is 5.07. The lowest BCUT2D eigenvalue weighted by Crippen LogP contribution is -2.13. The van der Waals surface area contributed by atoms with Gasteiger partial charge >= 0.3 is 0 Å². The molecule has 0 fully saturated rings. The third-order valence-electron chi connectivity index (χ3n) is 2.20. The van der Waals surface area contributed by atoms with E-state index in [1.54, 1.807) is 25.8 Å². The predicted octanol–water partition coefficient (Wildman–Crippen LogP) is 1.72. The van der Waals surface area contributed by atoms with E-state index >= 15 is 0 Å². The van der Waals surface area contributed by atoms with Crippen LogP contribution in [0.1, 0.15) is 17.8 Å². The van der Waals surface area contributed by atoms with Crippen LogP contribution in [-0.2, 0) is 4.74 Å². The van der Waals surface area contributed by atoms with Gasteiger partial charge in [-0.05, 0) is 27.4 Å². The minimum Gasteiger partial charge on any atom is -0.504 e. The SMILES string of the molecule is CO/C=C(/CCN(C)C)c1cnc(C)cn1. The molecule has 0 N–H and O–H groups in total. The van der Waals surface area contributed by atoms with Crippen molar-refractivity contribution in [1.82, 2.24) is 14.9 Å². The highest BCUT2D eigenvalue weighted by atomic mass is 16.5. The first kappa shape index (κ1) is 12.6. The van der Waals surface area contributed by atoms with E-state index in [0.717, 1.165) is 29.9 Å². The molecule has 0 unspecified atom stereocenters. The molecule has 0 radical (unpaired) electrons. The van der Waals surface area contributed by atoms with Gasteiger partial charge < -0.3 is 9.64 Å². The third kappa shape index (κ3) is 3.98. The molecule has 0 saturated carbocycles. The van der Waals surface area contributed by atoms with E-state index in [0.29, 0.717) is 0 Å². The van der Waals surface area contributed by atoms with E-state index in [1.165, 1.54) is 0 Å². The van der Waals surface area contributed by atoms with Gasteiger partial charge in [0.2, 0.25) is 0 Å². The van der Waals surface area contributed by atoms with Gasteiger partial charge in [-0.2, -0.15) is 0 Å². The zero-order valence-electron chi connectivity index (χ0n) is 10.4. The van der Waals surface area contributed by atoms with Crippen LogP contribution in [0.15, 0.2) is 18.7 Å². The summed E-state index contributed by atoms with van der Waals surface area (Å²) in [4.78, 5) is 10.7. The molecule has 0 aliphatic heterocycles. The Morgan fingerprint density at radius 3 is 2.62 bits per heavy atom. The number of aromatic nitrogens is 2. The van der Waals surface area contributed by atoms with Crippen LogP contribution in [0.2, 0.25) is 0 Å². The van der Waals surface area contributed by atoms with Gasteiger partial charge in [-0.3, -0.25) is 9.97 Å². The molecule has 88 valence electrons. The molecule has 0 amide bonds. The Morgan fingerprint density at radius 1 is 1.38 bits per heavy atom. The molecule has 16 heavy (non-hydrogen) atoms. The van der Waals surface area contributed by atoms with E-state index < -0.39 is 0 Å². The smallest absolute Gasteiger partial charge is 0.0879 e. The largest absolute Gasteiger partial charge is 0.504 e. The predicted molar refractivity (Wildman–Crippen MR) is 64.9 cm³/mol. The summed E-state index contributed by atoms with van der Waals surface area (Å²) in [5.74, 6) is 0. The molecule has 4 nitrogen and oxygen atoms in total. The number of hydrogen-bond acceptors (Lipinski definition) is 4. The average molecular weight is 221 g/mol. The fraction of sp³-hybridized carbons (Fsp3) is 0.500. The third-order valence-corrected chi connectivity index (χ3v) is 2.20. The molecule has 0 atom stereocenters. The number of rotatable bonds is 5. The Labute approximate surface area is 97.0 Å². The van der Waals surface area contributed by atoms with Crippen molar-refractivity contribution in [3.8, 4) is 0 Å². The second-order valence-electron chi connectivity index (χ2n) is 3.98. The molecule has 0 aromatic carbocycles. The number of nitrogens with zero attached hydrogens (tertiary/aromatic N) is 3. The van der Waals surface area contributed by atoms with E-state index in [-0.39, 0.29) is 0 Å². The molecule has 1 rings (SSSR count). The Morgan fingerprint density at radius 2 is 2.12 bits per heavy atom. The lowest BCUT2D eigenvalue weighted by Gasteiger charge is -2.11. The second kappa shape index (κ2) is 6.23. The van der Waals surface area contributed by atoms with E-state index in [4.69, 9.17) is 4.74 Å². The first-order valence-electron chi connectivity index (χ1n) is 5.29. The molecule has 0 aliphatic carbocycles. The van der Waals surface area contributed by atoms with Crippen molar-refractivity contribution in [2.24, 2.45) is 0 Å². The van der Waals surface area contributed by atoms with Gasteiger partial charge in [0.15, 0.2) is 0 Å². The average Bonchev–Trinajstić information content (AvgIpc) is 2.25. The van der Waals surface area contributed by atoms with Gasteiger partial charge in [-0.15, -0.1) is 0 Å². The van der Waals surface area contributed by atoms with Gasteiger partial charge in [0.25, 0.3) is 0 Å². The first-order valence-corrected chi connectivity index (χ1v) is 5.29. The van der Waals surface area contributed by atoms with Crippen LogP contribution in [0.25, 0.3) is 5.57 Å². The van der Waals surface area contributed by atoms with Crippen LogP contribution in [0.5, 0.6) is 0 Å². The van der Waals surface area contributed by atoms with Gasteiger partial charge in [0.05, 0.1) is 31.0 Å². The van der Waals surface area contributed by atoms with Crippen molar-refractivity contribution in [2.45, 2.75) is 13.3 Å². The van der Waals surface area contributed by atoms with E-state index in [2.05, 4.69) is 14.9 Å². The summed E-state index contributed by atoms with van der Waals surface area (Å²) in [5.41, 5.74) is 2.88. The molecule has 1 aromatic rings. The maximum absolute atomic E-state index is 5.07. The van der Waals surface area contributed by atoms with Crippen molar-refractivity contribution >= 4 is 5.57 Å². The molecule has 1 aromatic heterocycles. The van der Waals surface area contributed by atoms with Crippen molar-refractivity contribution in [3.05, 3.63) is 30.0 Å². The van der Waals surface area contributed by atoms with Gasteiger partial charge in [-0.25, -0.2) is 0 Å². The highest BCUT2D eigenvalue weighted by molar-refractivity contribution is 5.60. The van der Waals surface area contributed by atoms with Crippen molar-refractivity contribution in [1.29, 1.82) is 0 Å². The standard InChI is InChI=1S/C12H19N3O/c1-10-7-14-12(8-13-10)11(9-16-4)5-6-15(2)3/h7-9H,5-6H2,1-4H3/b11-9-. The van der Waals surface area contributed by atoms with Crippen LogP contribution >= 0.6 is 0 Å². The summed E-state index contributed by atoms with van der Waals surface area (Å²) in [6.45, 7) is 2.89. The topological polar surface area (TPSA) is 38.2 Å². The molecule has 1 heterocycles. The number of aryl methyl sites for hydroxylation is 1. The molecule has 0 aliphatic rings. The van der Waals surface area contributed by atoms with Crippen LogP contribution in [0.3, 0.4) is 0 Å². The van der Waals surface area contributed by atoms with Crippen molar-refractivity contribution in [3.63, 3.8) is 0 Å². The summed E-state index contributed by atoms with van der Waals surface area (Å²) in [7, 11) is 5.74. The minimum atomic E-state index is 0.884. The fourth-order valence-corrected chi connectivity index (χ4v) is 1.29. The zero-order valence-corrected chi connectivity index (χ0v) is 10.4. The highest BCUT2D eigenvalue weighted by Gasteiger charge is 2.05. The van der Waals surface area contributed by atoms with E-state index in [1.807, 2.05) is 21.0 Å². The van der Waals surface area contributed by atoms with Gasteiger partial charge in [-0.1, -0.05) is 0 Å². The quantitative estimate of drug-likeness (QED) is 0.710. The second-order valence-corrected chi connectivity index (χ2v) is 3.98. The summed E-state index contributed by atoms with van der Waals surface area (Å²) in [6.07, 6.45) is 6.20. The lowest BCUT2D eigenvalue weighted by atomic mass is 10.1. The van der Waals surface area contributed by atoms with Crippen molar-refractivity contribution in [2.75, 3.05) is 27.7 Å². The monoisotopic (exact) mass is 221 g/mol. The number of ether oxygens (including phenoxy) is 1. The van der Waals surface area contributed by atoms with Gasteiger partial charge in [0.1, 0.15) is 0 Å². The Bertz CT molecular complexity index is 344. The Balaban J connectivity index is 2.77. The molecular formula is C12H19N3O. The van der Waals surface area contributed by atoms with E-state index in [9.17, 15) is 0 Å². The molecular weight excluding hydrogens is 202 g/mol. The minimum absolute atomic E-state index is 0.884. The Hall–Kier alpha value is -1.42. The molecule has 0 bridgehead atoms. The molecule has 0 spiro atoms. The summed E-state index contributed by atoms with van der Waals surface area (Å²) >= 11 is 0. The van der Waals surface area contributed by atoms with Crippen LogP contribution in [-0.4, -0.2) is 42.6 Å². The summed E-state index contributed by atoms with van der Waals surface area (Å²) in [5, 5.41) is 0. The molecule has 0 saturated heterocycles. The van der Waals surface area contributed by atoms with Crippen LogP contribution in [0, 0.1) is 6.92 Å². The van der Waals surface area contributed by atoms with Gasteiger partial charge in [0, 0.05) is 18.3 Å². The maximum Gasteiger partial charge on any atom is 0.0879 e. The zero-order chi connectivity index (χ0) is 12.0.